The number of anilines is 2. The predicted molar refractivity (Wildman–Crippen MR) is 104 cm³/mol. The number of carboxylic acids is 1. The molecular formula is C21H20N2O4. The molecule has 1 aromatic heterocycles. The molecule has 0 saturated heterocycles. The third kappa shape index (κ3) is 3.89. The summed E-state index contributed by atoms with van der Waals surface area (Å²) in [5, 5.41) is 13.0. The Balaban J connectivity index is 2.15. The van der Waals surface area contributed by atoms with E-state index in [2.05, 4.69) is 10.3 Å². The molecule has 2 N–H and O–H groups in total. The normalized spacial score (nSPS) is 10.6. The molecule has 1 heterocycles. The molecule has 0 saturated carbocycles. The molecule has 3 aromatic rings. The molecule has 6 heteroatoms. The number of nitrogens with one attached hydrogen (secondary N) is 1. The number of rotatable bonds is 7. The van der Waals surface area contributed by atoms with Crippen molar-refractivity contribution in [3.63, 3.8) is 0 Å². The number of aromatic nitrogens is 1. The fraction of sp³-hybridized carbons (Fsp3) is 0.190. The summed E-state index contributed by atoms with van der Waals surface area (Å²) in [7, 11) is 1.57. The van der Waals surface area contributed by atoms with Gasteiger partial charge in [0.15, 0.2) is 5.78 Å². The van der Waals surface area contributed by atoms with Crippen molar-refractivity contribution in [2.24, 2.45) is 0 Å². The van der Waals surface area contributed by atoms with Crippen molar-refractivity contribution < 1.29 is 19.4 Å². The molecule has 0 fully saturated rings. The minimum atomic E-state index is -1.01. The fourth-order valence-corrected chi connectivity index (χ4v) is 2.91. The first-order chi connectivity index (χ1) is 13.0. The molecule has 0 spiro atoms. The standard InChI is InChI=1S/C21H20N2O4/c1-13-6-3-4-8-16(13)23-20-14-7-5-9-18(27-2)21(14)22-12-15(20)17(24)10-11-19(25)26/h3-9,12H,10-11H2,1-2H3,(H,22,23)(H,25,26). The number of hydrogen-bond donors (Lipinski definition) is 2. The highest BCUT2D eigenvalue weighted by atomic mass is 16.5. The van der Waals surface area contributed by atoms with E-state index in [9.17, 15) is 9.59 Å². The van der Waals surface area contributed by atoms with Gasteiger partial charge in [-0.15, -0.1) is 0 Å². The van der Waals surface area contributed by atoms with Gasteiger partial charge in [0.05, 0.1) is 24.8 Å². The lowest BCUT2D eigenvalue weighted by molar-refractivity contribution is -0.136. The molecule has 0 bridgehead atoms. The van der Waals surface area contributed by atoms with Gasteiger partial charge >= 0.3 is 5.97 Å². The van der Waals surface area contributed by atoms with Crippen LogP contribution in [0.2, 0.25) is 0 Å². The maximum absolute atomic E-state index is 12.7. The minimum Gasteiger partial charge on any atom is -0.494 e. The number of aryl methyl sites for hydroxylation is 1. The first-order valence-electron chi connectivity index (χ1n) is 8.54. The summed E-state index contributed by atoms with van der Waals surface area (Å²) in [5.74, 6) is -0.678. The van der Waals surface area contributed by atoms with E-state index >= 15 is 0 Å². The molecule has 3 rings (SSSR count). The van der Waals surface area contributed by atoms with Gasteiger partial charge in [0.1, 0.15) is 11.3 Å². The quantitative estimate of drug-likeness (QED) is 0.606. The number of aliphatic carboxylic acids is 1. The maximum Gasteiger partial charge on any atom is 0.303 e. The second-order valence-electron chi connectivity index (χ2n) is 6.16. The SMILES string of the molecule is COc1cccc2c(Nc3ccccc3C)c(C(=O)CCC(=O)O)cnc12. The van der Waals surface area contributed by atoms with E-state index in [1.54, 1.807) is 13.2 Å². The van der Waals surface area contributed by atoms with Gasteiger partial charge in [0.25, 0.3) is 0 Å². The van der Waals surface area contributed by atoms with Crippen LogP contribution in [0.1, 0.15) is 28.8 Å². The number of carbonyl (C=O) groups excluding carboxylic acids is 1. The third-order valence-corrected chi connectivity index (χ3v) is 4.35. The Morgan fingerprint density at radius 2 is 1.89 bits per heavy atom. The number of carbonyl (C=O) groups is 2. The smallest absolute Gasteiger partial charge is 0.303 e. The van der Waals surface area contributed by atoms with Crippen molar-refractivity contribution in [1.82, 2.24) is 4.98 Å². The summed E-state index contributed by atoms with van der Waals surface area (Å²) in [6.45, 7) is 1.97. The summed E-state index contributed by atoms with van der Waals surface area (Å²) in [6, 6.07) is 13.2. The van der Waals surface area contributed by atoms with E-state index < -0.39 is 5.97 Å². The van der Waals surface area contributed by atoms with Crippen LogP contribution in [0, 0.1) is 6.92 Å². The molecule has 0 aliphatic heterocycles. The van der Waals surface area contributed by atoms with Gasteiger partial charge in [0.2, 0.25) is 0 Å². The minimum absolute atomic E-state index is 0.0884. The molecule has 138 valence electrons. The number of methoxy groups -OCH3 is 1. The van der Waals surface area contributed by atoms with Crippen molar-refractivity contribution in [2.45, 2.75) is 19.8 Å². The van der Waals surface area contributed by atoms with Crippen molar-refractivity contribution in [2.75, 3.05) is 12.4 Å². The fourth-order valence-electron chi connectivity index (χ4n) is 2.91. The number of Topliss-reactive ketones (excluding diaryl/α,β-unsaturated/α-hetero) is 1. The third-order valence-electron chi connectivity index (χ3n) is 4.35. The van der Waals surface area contributed by atoms with Crippen molar-refractivity contribution in [3.05, 3.63) is 59.8 Å². The molecule has 2 aromatic carbocycles. The zero-order valence-corrected chi connectivity index (χ0v) is 15.2. The molecule has 27 heavy (non-hydrogen) atoms. The van der Waals surface area contributed by atoms with Crippen LogP contribution >= 0.6 is 0 Å². The van der Waals surface area contributed by atoms with Crippen LogP contribution in [0.5, 0.6) is 5.75 Å². The first kappa shape index (κ1) is 18.4. The predicted octanol–water partition coefficient (Wildman–Crippen LogP) is 4.34. The van der Waals surface area contributed by atoms with Gasteiger partial charge in [-0.3, -0.25) is 14.6 Å². The summed E-state index contributed by atoms with van der Waals surface area (Å²) in [5.41, 5.74) is 3.48. The number of nitrogens with zero attached hydrogens (tertiary/aromatic N) is 1. The van der Waals surface area contributed by atoms with Crippen LogP contribution in [-0.4, -0.2) is 29.0 Å². The summed E-state index contributed by atoms with van der Waals surface area (Å²) < 4.78 is 5.38. The Labute approximate surface area is 156 Å². The van der Waals surface area contributed by atoms with Crippen molar-refractivity contribution in [3.8, 4) is 5.75 Å². The first-order valence-corrected chi connectivity index (χ1v) is 8.54. The Kier molecular flexibility index (Phi) is 5.35. The molecule has 0 atom stereocenters. The van der Waals surface area contributed by atoms with Gasteiger partial charge in [-0.2, -0.15) is 0 Å². The largest absolute Gasteiger partial charge is 0.494 e. The van der Waals surface area contributed by atoms with Crippen LogP contribution in [-0.2, 0) is 4.79 Å². The highest BCUT2D eigenvalue weighted by molar-refractivity contribution is 6.10. The van der Waals surface area contributed by atoms with Gasteiger partial charge < -0.3 is 15.2 Å². The maximum atomic E-state index is 12.7. The van der Waals surface area contributed by atoms with E-state index in [1.165, 1.54) is 6.20 Å². The Morgan fingerprint density at radius 1 is 1.11 bits per heavy atom. The molecular weight excluding hydrogens is 344 g/mol. The zero-order valence-electron chi connectivity index (χ0n) is 15.2. The van der Waals surface area contributed by atoms with Gasteiger partial charge in [0, 0.05) is 23.7 Å². The topological polar surface area (TPSA) is 88.5 Å². The van der Waals surface area contributed by atoms with E-state index in [-0.39, 0.29) is 18.6 Å². The van der Waals surface area contributed by atoms with Gasteiger partial charge in [-0.25, -0.2) is 0 Å². The Morgan fingerprint density at radius 3 is 2.59 bits per heavy atom. The van der Waals surface area contributed by atoms with E-state index in [0.29, 0.717) is 22.5 Å². The monoisotopic (exact) mass is 364 g/mol. The molecule has 6 nitrogen and oxygen atoms in total. The zero-order chi connectivity index (χ0) is 19.4. The summed E-state index contributed by atoms with van der Waals surface area (Å²) in [4.78, 5) is 27.9. The molecule has 0 unspecified atom stereocenters. The van der Waals surface area contributed by atoms with E-state index in [0.717, 1.165) is 16.6 Å². The lowest BCUT2D eigenvalue weighted by Gasteiger charge is -2.16. The highest BCUT2D eigenvalue weighted by Crippen LogP contribution is 2.34. The van der Waals surface area contributed by atoms with Crippen molar-refractivity contribution >= 4 is 34.0 Å². The van der Waals surface area contributed by atoms with E-state index in [4.69, 9.17) is 9.84 Å². The molecule has 0 aliphatic rings. The molecule has 0 radical (unpaired) electrons. The van der Waals surface area contributed by atoms with Crippen LogP contribution in [0.15, 0.2) is 48.7 Å². The van der Waals surface area contributed by atoms with Crippen LogP contribution < -0.4 is 10.1 Å². The number of hydrogen-bond acceptors (Lipinski definition) is 5. The number of pyridine rings is 1. The average Bonchev–Trinajstić information content (AvgIpc) is 2.67. The lowest BCUT2D eigenvalue weighted by atomic mass is 10.0. The van der Waals surface area contributed by atoms with Gasteiger partial charge in [-0.05, 0) is 24.6 Å². The Bertz CT molecular complexity index is 1010. The lowest BCUT2D eigenvalue weighted by Crippen LogP contribution is -2.08. The highest BCUT2D eigenvalue weighted by Gasteiger charge is 2.18. The molecule has 0 amide bonds. The molecule has 0 aliphatic carbocycles. The number of para-hydroxylation sites is 2. The number of fused-ring (bicyclic) bond motifs is 1. The second kappa shape index (κ2) is 7.86. The second-order valence-corrected chi connectivity index (χ2v) is 6.16. The van der Waals surface area contributed by atoms with Gasteiger partial charge in [-0.1, -0.05) is 30.3 Å². The Hall–Kier alpha value is -3.41. The number of ether oxygens (including phenoxy) is 1. The average molecular weight is 364 g/mol. The van der Waals surface area contributed by atoms with Crippen molar-refractivity contribution in [1.29, 1.82) is 0 Å². The number of carboxylic acid groups (broad SMARTS) is 1. The number of ketones is 1. The van der Waals surface area contributed by atoms with Crippen LogP contribution in [0.4, 0.5) is 11.4 Å². The number of benzene rings is 2. The van der Waals surface area contributed by atoms with Crippen LogP contribution in [0.3, 0.4) is 0 Å². The van der Waals surface area contributed by atoms with Crippen LogP contribution in [0.25, 0.3) is 10.9 Å². The van der Waals surface area contributed by atoms with E-state index in [1.807, 2.05) is 43.3 Å². The summed E-state index contributed by atoms with van der Waals surface area (Å²) in [6.07, 6.45) is 1.17. The summed E-state index contributed by atoms with van der Waals surface area (Å²) >= 11 is 0.